The summed E-state index contributed by atoms with van der Waals surface area (Å²) in [4.78, 5) is 29.4. The van der Waals surface area contributed by atoms with Gasteiger partial charge in [0.25, 0.3) is 0 Å². The molecule has 1 atom stereocenters. The van der Waals surface area contributed by atoms with E-state index in [4.69, 9.17) is 12.2 Å². The van der Waals surface area contributed by atoms with Gasteiger partial charge in [0.15, 0.2) is 10.9 Å². The van der Waals surface area contributed by atoms with Crippen LogP contribution in [0, 0.1) is 5.82 Å². The number of carbonyl (C=O) groups excluding carboxylic acids is 2. The number of hydrogen-bond donors (Lipinski definition) is 2. The second kappa shape index (κ2) is 11.0. The van der Waals surface area contributed by atoms with Gasteiger partial charge in [0.05, 0.1) is 18.2 Å². The fourth-order valence-electron chi connectivity index (χ4n) is 5.39. The quantitative estimate of drug-likeness (QED) is 0.354. The zero-order valence-corrected chi connectivity index (χ0v) is 22.1. The molecular weight excluding hydrogens is 499 g/mol. The highest BCUT2D eigenvalue weighted by Crippen LogP contribution is 2.35. The van der Waals surface area contributed by atoms with Gasteiger partial charge in [-0.2, -0.15) is 0 Å². The molecule has 1 unspecified atom stereocenters. The summed E-state index contributed by atoms with van der Waals surface area (Å²) >= 11 is 5.69. The first-order valence-electron chi connectivity index (χ1n) is 12.9. The van der Waals surface area contributed by atoms with E-state index in [0.717, 1.165) is 11.3 Å². The molecule has 2 saturated heterocycles. The third kappa shape index (κ3) is 5.47. The number of piperidine rings is 1. The molecule has 6 nitrogen and oxygen atoms in total. The van der Waals surface area contributed by atoms with Gasteiger partial charge < -0.3 is 15.1 Å². The van der Waals surface area contributed by atoms with Crippen molar-refractivity contribution in [3.8, 4) is 0 Å². The van der Waals surface area contributed by atoms with Gasteiger partial charge in [-0.1, -0.05) is 60.7 Å². The summed E-state index contributed by atoms with van der Waals surface area (Å²) in [5.74, 6) is -0.318. The molecule has 2 aliphatic rings. The minimum atomic E-state index is -0.584. The summed E-state index contributed by atoms with van der Waals surface area (Å²) < 4.78 is 14.6. The number of nitrogens with one attached hydrogen (secondary N) is 2. The Morgan fingerprint density at radius 3 is 2.47 bits per heavy atom. The zero-order valence-electron chi connectivity index (χ0n) is 21.3. The van der Waals surface area contributed by atoms with Crippen molar-refractivity contribution >= 4 is 34.7 Å². The molecule has 0 bridgehead atoms. The molecule has 5 rings (SSSR count). The van der Waals surface area contributed by atoms with Crippen LogP contribution in [0.4, 0.5) is 10.1 Å². The molecule has 1 amide bonds. The van der Waals surface area contributed by atoms with E-state index in [1.165, 1.54) is 13.0 Å². The van der Waals surface area contributed by atoms with Crippen molar-refractivity contribution in [1.82, 2.24) is 15.1 Å². The van der Waals surface area contributed by atoms with Crippen molar-refractivity contribution in [3.05, 3.63) is 101 Å². The van der Waals surface area contributed by atoms with Gasteiger partial charge >= 0.3 is 0 Å². The van der Waals surface area contributed by atoms with Crippen LogP contribution in [0.15, 0.2) is 78.9 Å². The highest BCUT2D eigenvalue weighted by molar-refractivity contribution is 7.80. The van der Waals surface area contributed by atoms with E-state index in [9.17, 15) is 14.0 Å². The minimum absolute atomic E-state index is 0.00328. The Bertz CT molecular complexity index is 1340. The van der Waals surface area contributed by atoms with Crippen LogP contribution in [-0.2, 0) is 17.8 Å². The predicted octanol–water partition coefficient (Wildman–Crippen LogP) is 4.76. The number of thiocarbonyl (C=S) groups is 1. The van der Waals surface area contributed by atoms with Crippen molar-refractivity contribution in [2.75, 3.05) is 18.4 Å². The van der Waals surface area contributed by atoms with E-state index >= 15 is 0 Å². The van der Waals surface area contributed by atoms with Crippen LogP contribution in [0.3, 0.4) is 0 Å². The van der Waals surface area contributed by atoms with Crippen LogP contribution in [0.25, 0.3) is 0 Å². The van der Waals surface area contributed by atoms with Crippen LogP contribution in [0.2, 0.25) is 0 Å². The highest BCUT2D eigenvalue weighted by atomic mass is 32.1. The van der Waals surface area contributed by atoms with Gasteiger partial charge in [-0.15, -0.1) is 0 Å². The molecule has 2 aliphatic heterocycles. The molecule has 3 aromatic rings. The first-order valence-corrected chi connectivity index (χ1v) is 13.3. The molecule has 8 heteroatoms. The van der Waals surface area contributed by atoms with Crippen molar-refractivity contribution in [2.45, 2.75) is 44.4 Å². The molecule has 2 heterocycles. The number of Topliss-reactive ketones (excluding diaryl/α,β-unsaturated/α-hetero) is 1. The molecule has 196 valence electrons. The normalized spacial score (nSPS) is 18.6. The average molecular weight is 531 g/mol. The number of nitrogens with zero attached hydrogens (tertiary/aromatic N) is 2. The summed E-state index contributed by atoms with van der Waals surface area (Å²) in [6.45, 7) is 3.01. The number of anilines is 1. The summed E-state index contributed by atoms with van der Waals surface area (Å²) in [6, 6.07) is 23.5. The van der Waals surface area contributed by atoms with Gasteiger partial charge in [-0.05, 0) is 49.3 Å². The van der Waals surface area contributed by atoms with Gasteiger partial charge in [0, 0.05) is 42.7 Å². The Morgan fingerprint density at radius 2 is 1.76 bits per heavy atom. The van der Waals surface area contributed by atoms with Crippen molar-refractivity contribution in [2.24, 2.45) is 0 Å². The smallest absolute Gasteiger partial charge is 0.241 e. The number of amides is 1. The topological polar surface area (TPSA) is 64.7 Å². The zero-order chi connectivity index (χ0) is 26.7. The van der Waals surface area contributed by atoms with E-state index in [2.05, 4.69) is 15.5 Å². The summed E-state index contributed by atoms with van der Waals surface area (Å²) in [5, 5.41) is 7.47. The third-order valence-corrected chi connectivity index (χ3v) is 7.85. The number of likely N-dealkylation sites (tertiary alicyclic amines) is 1. The van der Waals surface area contributed by atoms with E-state index < -0.39 is 5.66 Å². The van der Waals surface area contributed by atoms with Crippen LogP contribution in [-0.4, -0.2) is 51.4 Å². The van der Waals surface area contributed by atoms with Crippen LogP contribution >= 0.6 is 12.2 Å². The SMILES string of the molecule is CC(=O)c1cccc(NC(=S)N2CCC3(CC2)NC(Cc2ccccc2)C(=O)N3Cc2ccccc2F)c1. The second-order valence-electron chi connectivity index (χ2n) is 9.99. The molecular formula is C30H31FN4O2S. The number of ketones is 1. The molecule has 0 aliphatic carbocycles. The minimum Gasteiger partial charge on any atom is -0.349 e. The Labute approximate surface area is 227 Å². The number of carbonyl (C=O) groups is 2. The molecule has 38 heavy (non-hydrogen) atoms. The van der Waals surface area contributed by atoms with E-state index in [0.29, 0.717) is 48.6 Å². The second-order valence-corrected chi connectivity index (χ2v) is 10.4. The lowest BCUT2D eigenvalue weighted by molar-refractivity contribution is -0.134. The Balaban J connectivity index is 1.32. The van der Waals surface area contributed by atoms with Crippen LogP contribution < -0.4 is 10.6 Å². The Kier molecular flexibility index (Phi) is 7.53. The fourth-order valence-corrected chi connectivity index (χ4v) is 5.69. The lowest BCUT2D eigenvalue weighted by Gasteiger charge is -2.45. The molecule has 1 spiro atoms. The Morgan fingerprint density at radius 1 is 1.05 bits per heavy atom. The molecule has 2 N–H and O–H groups in total. The van der Waals surface area contributed by atoms with Crippen LogP contribution in [0.5, 0.6) is 0 Å². The molecule has 0 radical (unpaired) electrons. The predicted molar refractivity (Wildman–Crippen MR) is 150 cm³/mol. The fraction of sp³-hybridized carbons (Fsp3) is 0.300. The maximum Gasteiger partial charge on any atom is 0.241 e. The third-order valence-electron chi connectivity index (χ3n) is 7.49. The number of benzene rings is 3. The number of halogens is 1. The maximum absolute atomic E-state index is 14.6. The van der Waals surface area contributed by atoms with Crippen molar-refractivity contribution in [1.29, 1.82) is 0 Å². The lowest BCUT2D eigenvalue weighted by Crippen LogP contribution is -2.59. The largest absolute Gasteiger partial charge is 0.349 e. The van der Waals surface area contributed by atoms with E-state index in [1.54, 1.807) is 30.3 Å². The standard InChI is InChI=1S/C30H31FN4O2S/c1-21(36)23-11-7-12-25(19-23)32-29(38)34-16-14-30(15-17-34)33-27(18-22-8-3-2-4-9-22)28(37)35(30)20-24-10-5-6-13-26(24)31/h2-13,19,27,33H,14-18,20H2,1H3,(H,32,38). The van der Waals surface area contributed by atoms with Gasteiger partial charge in [-0.3, -0.25) is 14.9 Å². The van der Waals surface area contributed by atoms with Crippen molar-refractivity contribution < 1.29 is 14.0 Å². The maximum atomic E-state index is 14.6. The molecule has 0 saturated carbocycles. The summed E-state index contributed by atoms with van der Waals surface area (Å²) in [5.41, 5.74) is 2.39. The van der Waals surface area contributed by atoms with Crippen molar-refractivity contribution in [3.63, 3.8) is 0 Å². The summed E-state index contributed by atoms with van der Waals surface area (Å²) in [6.07, 6.45) is 1.87. The first kappa shape index (κ1) is 26.0. The lowest BCUT2D eigenvalue weighted by atomic mass is 9.95. The first-order chi connectivity index (χ1) is 18.3. The van der Waals surface area contributed by atoms with E-state index in [1.807, 2.05) is 47.4 Å². The highest BCUT2D eigenvalue weighted by Gasteiger charge is 2.51. The molecule has 3 aromatic carbocycles. The number of hydrogen-bond acceptors (Lipinski definition) is 4. The average Bonchev–Trinajstić information content (AvgIpc) is 3.16. The van der Waals surface area contributed by atoms with Gasteiger partial charge in [0.1, 0.15) is 5.82 Å². The van der Waals surface area contributed by atoms with E-state index in [-0.39, 0.29) is 30.1 Å². The van der Waals surface area contributed by atoms with Gasteiger partial charge in [0.2, 0.25) is 5.91 Å². The number of rotatable bonds is 6. The summed E-state index contributed by atoms with van der Waals surface area (Å²) in [7, 11) is 0. The molecule has 0 aromatic heterocycles. The molecule has 2 fully saturated rings. The monoisotopic (exact) mass is 530 g/mol. The van der Waals surface area contributed by atoms with Gasteiger partial charge in [-0.25, -0.2) is 4.39 Å². The Hall–Kier alpha value is -3.62. The van der Waals surface area contributed by atoms with Crippen LogP contribution in [0.1, 0.15) is 41.3 Å².